The Hall–Kier alpha value is -2.24. The van der Waals surface area contributed by atoms with Gasteiger partial charge in [0.2, 0.25) is 0 Å². The van der Waals surface area contributed by atoms with Crippen LogP contribution in [0.15, 0.2) is 72.8 Å². The molecule has 1 fully saturated rings. The highest BCUT2D eigenvalue weighted by Crippen LogP contribution is 2.32. The van der Waals surface area contributed by atoms with Gasteiger partial charge in [0, 0.05) is 25.1 Å². The molecule has 0 radical (unpaired) electrons. The predicted octanol–water partition coefficient (Wildman–Crippen LogP) is 7.25. The molecular formula is C29H33Cl3N2O2. The van der Waals surface area contributed by atoms with E-state index in [1.165, 1.54) is 5.56 Å². The van der Waals surface area contributed by atoms with Crippen molar-refractivity contribution in [2.75, 3.05) is 33.2 Å². The number of rotatable bonds is 8. The van der Waals surface area contributed by atoms with Crippen LogP contribution in [-0.4, -0.2) is 54.0 Å². The van der Waals surface area contributed by atoms with Gasteiger partial charge < -0.3 is 14.9 Å². The van der Waals surface area contributed by atoms with Crippen molar-refractivity contribution in [3.8, 4) is 5.75 Å². The maximum Gasteiger partial charge on any atom is 0.253 e. The van der Waals surface area contributed by atoms with Crippen molar-refractivity contribution < 1.29 is 9.90 Å². The smallest absolute Gasteiger partial charge is 0.253 e. The van der Waals surface area contributed by atoms with E-state index in [1.807, 2.05) is 67.7 Å². The first-order valence-electron chi connectivity index (χ1n) is 12.2. The van der Waals surface area contributed by atoms with Crippen LogP contribution in [0.1, 0.15) is 52.6 Å². The summed E-state index contributed by atoms with van der Waals surface area (Å²) in [5.41, 5.74) is 3.10. The number of piperidine rings is 1. The average Bonchev–Trinajstić information content (AvgIpc) is 2.89. The number of benzene rings is 3. The van der Waals surface area contributed by atoms with E-state index in [0.717, 1.165) is 44.5 Å². The molecule has 1 atom stereocenters. The molecule has 0 saturated carbocycles. The van der Waals surface area contributed by atoms with E-state index in [1.54, 1.807) is 17.0 Å². The van der Waals surface area contributed by atoms with Gasteiger partial charge in [-0.3, -0.25) is 4.79 Å². The average molecular weight is 548 g/mol. The van der Waals surface area contributed by atoms with Gasteiger partial charge in [-0.05, 0) is 92.3 Å². The van der Waals surface area contributed by atoms with Crippen molar-refractivity contribution in [1.29, 1.82) is 0 Å². The molecule has 0 bridgehead atoms. The molecule has 1 aliphatic heterocycles. The summed E-state index contributed by atoms with van der Waals surface area (Å²) in [7, 11) is 1.86. The van der Waals surface area contributed by atoms with Crippen molar-refractivity contribution in [3.05, 3.63) is 99.5 Å². The third kappa shape index (κ3) is 7.39. The lowest BCUT2D eigenvalue weighted by Crippen LogP contribution is -2.36. The summed E-state index contributed by atoms with van der Waals surface area (Å²) in [6.45, 7) is 3.65. The number of aromatic hydroxyl groups is 1. The summed E-state index contributed by atoms with van der Waals surface area (Å²) >= 11 is 12.5. The van der Waals surface area contributed by atoms with Crippen LogP contribution in [0.25, 0.3) is 0 Å². The molecule has 1 unspecified atom stereocenters. The minimum absolute atomic E-state index is 0. The normalized spacial score (nSPS) is 15.2. The summed E-state index contributed by atoms with van der Waals surface area (Å²) < 4.78 is 0. The largest absolute Gasteiger partial charge is 0.508 e. The molecule has 1 heterocycles. The Morgan fingerprint density at radius 3 is 2.31 bits per heavy atom. The molecule has 1 N–H and O–H groups in total. The molecule has 7 heteroatoms. The summed E-state index contributed by atoms with van der Waals surface area (Å²) in [5.74, 6) is 1.02. The number of phenolic OH excluding ortho intramolecular Hbond substituents is 1. The number of carbonyl (C=O) groups excluding carboxylic acids is 1. The van der Waals surface area contributed by atoms with Gasteiger partial charge in [-0.1, -0.05) is 59.6 Å². The second-order valence-electron chi connectivity index (χ2n) is 9.42. The number of carbonyl (C=O) groups is 1. The van der Waals surface area contributed by atoms with Gasteiger partial charge in [0.15, 0.2) is 0 Å². The highest BCUT2D eigenvalue weighted by atomic mass is 35.5. The molecule has 1 amide bonds. The standard InChI is InChI=1S/C29H32Cl2N2O2.ClH/c1-32(29(35)23-5-3-2-4-6-23)20-25(24-9-12-27(30)28(31)19-24)15-18-33-16-13-22(14-17-33)21-7-10-26(34)11-8-21;/h2-12,19,22,25,34H,13-18,20H2,1H3;1H. The minimum Gasteiger partial charge on any atom is -0.508 e. The highest BCUT2D eigenvalue weighted by Gasteiger charge is 2.24. The lowest BCUT2D eigenvalue weighted by Gasteiger charge is -2.34. The molecule has 3 aromatic rings. The zero-order valence-electron chi connectivity index (χ0n) is 20.4. The molecule has 3 aromatic carbocycles. The molecular weight excluding hydrogens is 515 g/mol. The van der Waals surface area contributed by atoms with E-state index >= 15 is 0 Å². The molecule has 4 rings (SSSR count). The van der Waals surface area contributed by atoms with Crippen molar-refractivity contribution in [1.82, 2.24) is 9.80 Å². The van der Waals surface area contributed by atoms with Crippen LogP contribution in [0, 0.1) is 0 Å². The first-order valence-corrected chi connectivity index (χ1v) is 12.9. The zero-order chi connectivity index (χ0) is 24.8. The second kappa shape index (κ2) is 13.3. The third-order valence-corrected chi connectivity index (χ3v) is 7.76. The fourth-order valence-corrected chi connectivity index (χ4v) is 5.23. The Morgan fingerprint density at radius 2 is 1.67 bits per heavy atom. The van der Waals surface area contributed by atoms with Crippen LogP contribution >= 0.6 is 35.6 Å². The summed E-state index contributed by atoms with van der Waals surface area (Å²) in [5, 5.41) is 10.6. The number of hydrogen-bond donors (Lipinski definition) is 1. The fraction of sp³-hybridized carbons (Fsp3) is 0.345. The van der Waals surface area contributed by atoms with Crippen LogP contribution in [0.2, 0.25) is 10.0 Å². The lowest BCUT2D eigenvalue weighted by molar-refractivity contribution is 0.0781. The van der Waals surface area contributed by atoms with Crippen molar-refractivity contribution in [2.45, 2.75) is 31.1 Å². The van der Waals surface area contributed by atoms with Gasteiger partial charge in [-0.25, -0.2) is 0 Å². The van der Waals surface area contributed by atoms with Gasteiger partial charge in [0.05, 0.1) is 10.0 Å². The van der Waals surface area contributed by atoms with Crippen molar-refractivity contribution in [3.63, 3.8) is 0 Å². The van der Waals surface area contributed by atoms with E-state index in [9.17, 15) is 9.90 Å². The van der Waals surface area contributed by atoms with Crippen LogP contribution in [0.5, 0.6) is 5.75 Å². The monoisotopic (exact) mass is 546 g/mol. The molecule has 36 heavy (non-hydrogen) atoms. The SMILES string of the molecule is CN(CC(CCN1CCC(c2ccc(O)cc2)CC1)c1ccc(Cl)c(Cl)c1)C(=O)c1ccccc1.Cl. The Morgan fingerprint density at radius 1 is 1.00 bits per heavy atom. The van der Waals surface area contributed by atoms with Crippen molar-refractivity contribution >= 4 is 41.5 Å². The molecule has 1 aliphatic rings. The van der Waals surface area contributed by atoms with Crippen LogP contribution < -0.4 is 0 Å². The minimum atomic E-state index is 0. The summed E-state index contributed by atoms with van der Waals surface area (Å²) in [4.78, 5) is 17.3. The number of likely N-dealkylation sites (N-methyl/N-ethyl adjacent to an activating group) is 1. The van der Waals surface area contributed by atoms with Gasteiger partial charge in [-0.15, -0.1) is 12.4 Å². The quantitative estimate of drug-likeness (QED) is 0.323. The first-order chi connectivity index (χ1) is 16.9. The topological polar surface area (TPSA) is 43.8 Å². The van der Waals surface area contributed by atoms with Gasteiger partial charge >= 0.3 is 0 Å². The summed E-state index contributed by atoms with van der Waals surface area (Å²) in [6, 6.07) is 22.8. The zero-order valence-corrected chi connectivity index (χ0v) is 22.8. The number of nitrogens with zero attached hydrogens (tertiary/aromatic N) is 2. The Kier molecular flexibility index (Phi) is 10.5. The fourth-order valence-electron chi connectivity index (χ4n) is 4.92. The molecule has 1 saturated heterocycles. The van der Waals surface area contributed by atoms with Gasteiger partial charge in [0.1, 0.15) is 5.75 Å². The van der Waals surface area contributed by atoms with E-state index in [-0.39, 0.29) is 24.2 Å². The third-order valence-electron chi connectivity index (χ3n) is 7.02. The summed E-state index contributed by atoms with van der Waals surface area (Å²) in [6.07, 6.45) is 3.14. The van der Waals surface area contributed by atoms with Crippen LogP contribution in [0.4, 0.5) is 0 Å². The van der Waals surface area contributed by atoms with E-state index in [2.05, 4.69) is 4.90 Å². The maximum absolute atomic E-state index is 13.0. The number of halogens is 3. The van der Waals surface area contributed by atoms with Crippen molar-refractivity contribution in [2.24, 2.45) is 0 Å². The predicted molar refractivity (Wildman–Crippen MR) is 151 cm³/mol. The molecule has 192 valence electrons. The maximum atomic E-state index is 13.0. The van der Waals surface area contributed by atoms with E-state index < -0.39 is 0 Å². The molecule has 0 aliphatic carbocycles. The van der Waals surface area contributed by atoms with Gasteiger partial charge in [-0.2, -0.15) is 0 Å². The van der Waals surface area contributed by atoms with Crippen LogP contribution in [0.3, 0.4) is 0 Å². The van der Waals surface area contributed by atoms with E-state index in [4.69, 9.17) is 23.2 Å². The molecule has 0 spiro atoms. The lowest BCUT2D eigenvalue weighted by atomic mass is 9.89. The number of phenols is 1. The molecule has 0 aromatic heterocycles. The highest BCUT2D eigenvalue weighted by molar-refractivity contribution is 6.42. The van der Waals surface area contributed by atoms with E-state index in [0.29, 0.717) is 33.8 Å². The number of amides is 1. The first kappa shape index (κ1) is 28.3. The number of hydrogen-bond acceptors (Lipinski definition) is 3. The Labute approximate surface area is 230 Å². The van der Waals surface area contributed by atoms with Crippen LogP contribution in [-0.2, 0) is 0 Å². The Bertz CT molecular complexity index is 1120. The van der Waals surface area contributed by atoms with Gasteiger partial charge in [0.25, 0.3) is 5.91 Å². The second-order valence-corrected chi connectivity index (χ2v) is 10.2. The number of likely N-dealkylation sites (tertiary alicyclic amines) is 1. The Balaban J connectivity index is 0.00000361. The molecule has 4 nitrogen and oxygen atoms in total.